The Labute approximate surface area is 184 Å². The number of rotatable bonds is 8. The molecular formula is C22H21NO5S2. The first-order valence-corrected chi connectivity index (χ1v) is 10.5. The molecule has 1 heterocycles. The lowest BCUT2D eigenvalue weighted by Crippen LogP contribution is -2.27. The predicted molar refractivity (Wildman–Crippen MR) is 120 cm³/mol. The van der Waals surface area contributed by atoms with Crippen molar-refractivity contribution in [2.24, 2.45) is 0 Å². The Balaban J connectivity index is 1.73. The number of carbonyl (C=O) groups excluding carboxylic acids is 2. The molecule has 0 unspecified atom stereocenters. The van der Waals surface area contributed by atoms with Crippen molar-refractivity contribution in [2.75, 3.05) is 20.3 Å². The van der Waals surface area contributed by atoms with Gasteiger partial charge in [0.25, 0.3) is 5.91 Å². The monoisotopic (exact) mass is 443 g/mol. The molecule has 0 atom stereocenters. The Morgan fingerprint density at radius 3 is 2.63 bits per heavy atom. The number of esters is 1. The Morgan fingerprint density at radius 1 is 1.17 bits per heavy atom. The third kappa shape index (κ3) is 5.40. The molecule has 1 saturated heterocycles. The van der Waals surface area contributed by atoms with Crippen LogP contribution in [0.5, 0.6) is 11.5 Å². The number of thioether (sulfide) groups is 1. The molecule has 0 aromatic heterocycles. The van der Waals surface area contributed by atoms with Crippen LogP contribution in [0.3, 0.4) is 0 Å². The smallest absolute Gasteiger partial charge is 0.344 e. The van der Waals surface area contributed by atoms with Crippen LogP contribution >= 0.6 is 24.0 Å². The summed E-state index contributed by atoms with van der Waals surface area (Å²) in [4.78, 5) is 26.4. The third-order valence-corrected chi connectivity index (χ3v) is 5.57. The van der Waals surface area contributed by atoms with Gasteiger partial charge in [0.05, 0.1) is 25.2 Å². The minimum atomic E-state index is -0.453. The molecule has 0 spiro atoms. The summed E-state index contributed by atoms with van der Waals surface area (Å²) in [5, 5.41) is 0. The molecule has 156 valence electrons. The molecular weight excluding hydrogens is 422 g/mol. The average molecular weight is 444 g/mol. The quantitative estimate of drug-likeness (QED) is 0.347. The molecule has 1 aliphatic rings. The molecule has 1 amide bonds. The van der Waals surface area contributed by atoms with Gasteiger partial charge in [0.1, 0.15) is 4.32 Å². The molecule has 0 aliphatic carbocycles. The van der Waals surface area contributed by atoms with Crippen LogP contribution < -0.4 is 9.47 Å². The van der Waals surface area contributed by atoms with Crippen LogP contribution in [0.1, 0.15) is 18.1 Å². The summed E-state index contributed by atoms with van der Waals surface area (Å²) in [5.74, 6) is 0.285. The van der Waals surface area contributed by atoms with E-state index in [0.717, 1.165) is 11.1 Å². The van der Waals surface area contributed by atoms with Gasteiger partial charge >= 0.3 is 5.97 Å². The van der Waals surface area contributed by atoms with Gasteiger partial charge < -0.3 is 14.2 Å². The van der Waals surface area contributed by atoms with Crippen molar-refractivity contribution in [2.45, 2.75) is 13.5 Å². The number of benzene rings is 2. The maximum Gasteiger partial charge on any atom is 0.344 e. The van der Waals surface area contributed by atoms with Crippen molar-refractivity contribution in [1.82, 2.24) is 4.90 Å². The van der Waals surface area contributed by atoms with Crippen LogP contribution in [0.2, 0.25) is 0 Å². The fourth-order valence-electron chi connectivity index (χ4n) is 2.79. The number of nitrogens with zero attached hydrogens (tertiary/aromatic N) is 1. The second-order valence-corrected chi connectivity index (χ2v) is 7.93. The molecule has 2 aromatic rings. The summed E-state index contributed by atoms with van der Waals surface area (Å²) in [6, 6.07) is 14.9. The highest BCUT2D eigenvalue weighted by Gasteiger charge is 2.32. The van der Waals surface area contributed by atoms with E-state index in [0.29, 0.717) is 33.9 Å². The van der Waals surface area contributed by atoms with Gasteiger partial charge in [-0.15, -0.1) is 0 Å². The molecule has 2 aromatic carbocycles. The van der Waals surface area contributed by atoms with Crippen molar-refractivity contribution in [1.29, 1.82) is 0 Å². The highest BCUT2D eigenvalue weighted by molar-refractivity contribution is 8.26. The summed E-state index contributed by atoms with van der Waals surface area (Å²) < 4.78 is 16.2. The van der Waals surface area contributed by atoms with E-state index in [1.807, 2.05) is 30.3 Å². The SMILES string of the molecule is CCOC(=O)COc1ccc(C=C2SC(=S)N(Cc3ccccc3)C2=O)cc1OC. The zero-order valence-electron chi connectivity index (χ0n) is 16.6. The fourth-order valence-corrected chi connectivity index (χ4v) is 4.04. The standard InChI is InChI=1S/C22H21NO5S2/c1-3-27-20(24)14-28-17-10-9-16(11-18(17)26-2)12-19-21(25)23(22(29)30-19)13-15-7-5-4-6-8-15/h4-12H,3,13-14H2,1-2H3. The van der Waals surface area contributed by atoms with E-state index in [9.17, 15) is 9.59 Å². The number of thiocarbonyl (C=S) groups is 1. The molecule has 30 heavy (non-hydrogen) atoms. The van der Waals surface area contributed by atoms with Crippen LogP contribution in [0.25, 0.3) is 6.08 Å². The largest absolute Gasteiger partial charge is 0.493 e. The molecule has 0 N–H and O–H groups in total. The maximum absolute atomic E-state index is 12.8. The van der Waals surface area contributed by atoms with Crippen LogP contribution in [-0.4, -0.2) is 41.4 Å². The van der Waals surface area contributed by atoms with Crippen LogP contribution in [0.4, 0.5) is 0 Å². The van der Waals surface area contributed by atoms with Gasteiger partial charge in [0.15, 0.2) is 18.1 Å². The Bertz CT molecular complexity index is 975. The second-order valence-electron chi connectivity index (χ2n) is 6.26. The number of hydrogen-bond donors (Lipinski definition) is 0. The molecule has 3 rings (SSSR count). The van der Waals surface area contributed by atoms with Crippen molar-refractivity contribution >= 4 is 46.3 Å². The molecule has 0 radical (unpaired) electrons. The number of ether oxygens (including phenoxy) is 3. The summed E-state index contributed by atoms with van der Waals surface area (Å²) in [7, 11) is 1.51. The molecule has 1 fully saturated rings. The van der Waals surface area contributed by atoms with Crippen molar-refractivity contribution in [3.8, 4) is 11.5 Å². The number of carbonyl (C=O) groups is 2. The Morgan fingerprint density at radius 2 is 1.93 bits per heavy atom. The predicted octanol–water partition coefficient (Wildman–Crippen LogP) is 4.04. The first-order chi connectivity index (χ1) is 14.5. The molecule has 0 bridgehead atoms. The van der Waals surface area contributed by atoms with Crippen molar-refractivity contribution < 1.29 is 23.8 Å². The normalized spacial score (nSPS) is 14.9. The zero-order chi connectivity index (χ0) is 21.5. The summed E-state index contributed by atoms with van der Waals surface area (Å²) >= 11 is 6.67. The lowest BCUT2D eigenvalue weighted by molar-refractivity contribution is -0.145. The van der Waals surface area contributed by atoms with Gasteiger partial charge in [-0.25, -0.2) is 4.79 Å². The van der Waals surface area contributed by atoms with Crippen molar-refractivity contribution in [3.63, 3.8) is 0 Å². The summed E-state index contributed by atoms with van der Waals surface area (Å²) in [6.45, 7) is 2.25. The van der Waals surface area contributed by atoms with E-state index in [1.165, 1.54) is 18.9 Å². The summed E-state index contributed by atoms with van der Waals surface area (Å²) in [6.07, 6.45) is 1.77. The van der Waals surface area contributed by atoms with Gasteiger partial charge in [-0.3, -0.25) is 9.69 Å². The third-order valence-electron chi connectivity index (χ3n) is 4.19. The van der Waals surface area contributed by atoms with E-state index in [-0.39, 0.29) is 12.5 Å². The molecule has 0 saturated carbocycles. The van der Waals surface area contributed by atoms with Gasteiger partial charge in [0.2, 0.25) is 0 Å². The fraction of sp³-hybridized carbons (Fsp3) is 0.227. The lowest BCUT2D eigenvalue weighted by atomic mass is 10.1. The lowest BCUT2D eigenvalue weighted by Gasteiger charge is -2.14. The van der Waals surface area contributed by atoms with Gasteiger partial charge in [-0.05, 0) is 36.3 Å². The average Bonchev–Trinajstić information content (AvgIpc) is 3.01. The van der Waals surface area contributed by atoms with E-state index < -0.39 is 5.97 Å². The van der Waals surface area contributed by atoms with E-state index in [1.54, 1.807) is 36.1 Å². The van der Waals surface area contributed by atoms with E-state index >= 15 is 0 Å². The first-order valence-electron chi connectivity index (χ1n) is 9.27. The zero-order valence-corrected chi connectivity index (χ0v) is 18.3. The van der Waals surface area contributed by atoms with Crippen LogP contribution in [-0.2, 0) is 20.9 Å². The Kier molecular flexibility index (Phi) is 7.48. The molecule has 6 nitrogen and oxygen atoms in total. The van der Waals surface area contributed by atoms with Crippen molar-refractivity contribution in [3.05, 3.63) is 64.6 Å². The van der Waals surface area contributed by atoms with E-state index in [2.05, 4.69) is 0 Å². The molecule has 1 aliphatic heterocycles. The Hall–Kier alpha value is -2.84. The van der Waals surface area contributed by atoms with Gasteiger partial charge in [-0.1, -0.05) is 60.4 Å². The highest BCUT2D eigenvalue weighted by Crippen LogP contribution is 2.35. The minimum Gasteiger partial charge on any atom is -0.493 e. The van der Waals surface area contributed by atoms with E-state index in [4.69, 9.17) is 26.4 Å². The van der Waals surface area contributed by atoms with Gasteiger partial charge in [0, 0.05) is 0 Å². The minimum absolute atomic E-state index is 0.129. The van der Waals surface area contributed by atoms with Crippen LogP contribution in [0, 0.1) is 0 Å². The number of amides is 1. The van der Waals surface area contributed by atoms with Crippen LogP contribution in [0.15, 0.2) is 53.4 Å². The maximum atomic E-state index is 12.8. The topological polar surface area (TPSA) is 65.1 Å². The first kappa shape index (κ1) is 21.9. The number of hydrogen-bond acceptors (Lipinski definition) is 7. The summed E-state index contributed by atoms with van der Waals surface area (Å²) in [5.41, 5.74) is 1.77. The molecule has 8 heteroatoms. The highest BCUT2D eigenvalue weighted by atomic mass is 32.2. The second kappa shape index (κ2) is 10.3. The van der Waals surface area contributed by atoms with Gasteiger partial charge in [-0.2, -0.15) is 0 Å². The number of methoxy groups -OCH3 is 1.